The van der Waals surface area contributed by atoms with Gasteiger partial charge in [0.05, 0.1) is 5.69 Å². The van der Waals surface area contributed by atoms with E-state index in [0.717, 1.165) is 5.56 Å². The van der Waals surface area contributed by atoms with Gasteiger partial charge in [-0.2, -0.15) is 0 Å². The molecule has 0 saturated carbocycles. The molecule has 1 aliphatic heterocycles. The molecule has 3 rings (SSSR count). The summed E-state index contributed by atoms with van der Waals surface area (Å²) in [6.07, 6.45) is 1.26. The Labute approximate surface area is 151 Å². The summed E-state index contributed by atoms with van der Waals surface area (Å²) in [4.78, 5) is 24.0. The predicted octanol–water partition coefficient (Wildman–Crippen LogP) is 3.92. The smallest absolute Gasteiger partial charge is 0.350 e. The quantitative estimate of drug-likeness (QED) is 0.510. The normalized spacial score (nSPS) is 15.7. The molecule has 2 aromatic carbocycles. The second kappa shape index (κ2) is 6.92. The third kappa shape index (κ3) is 4.03. The Morgan fingerprint density at radius 2 is 1.69 bits per heavy atom. The maximum atomic E-state index is 12.0. The molecule has 0 aliphatic carbocycles. The first-order valence-electron chi connectivity index (χ1n) is 8.11. The number of nitrogens with one attached hydrogen (secondary N) is 1. The lowest BCUT2D eigenvalue weighted by atomic mass is 10.2. The highest BCUT2D eigenvalue weighted by Crippen LogP contribution is 2.30. The minimum atomic E-state index is -1.27. The number of carbonyl (C=O) groups is 2. The van der Waals surface area contributed by atoms with E-state index in [-0.39, 0.29) is 5.57 Å². The number of anilines is 1. The van der Waals surface area contributed by atoms with Crippen molar-refractivity contribution in [3.63, 3.8) is 0 Å². The van der Waals surface area contributed by atoms with Crippen LogP contribution in [0, 0.1) is 6.92 Å². The summed E-state index contributed by atoms with van der Waals surface area (Å²) in [5.74, 6) is -1.51. The number of aryl methyl sites for hydroxylation is 1. The van der Waals surface area contributed by atoms with Crippen molar-refractivity contribution < 1.29 is 23.8 Å². The molecule has 134 valence electrons. The maximum absolute atomic E-state index is 12.0. The average Bonchev–Trinajstić information content (AvgIpc) is 2.54. The number of ether oxygens (including phenoxy) is 3. The third-order valence-electron chi connectivity index (χ3n) is 3.59. The number of para-hydroxylation sites is 2. The van der Waals surface area contributed by atoms with Crippen molar-refractivity contribution >= 4 is 17.6 Å². The molecular weight excluding hydrogens is 334 g/mol. The highest BCUT2D eigenvalue weighted by Gasteiger charge is 2.38. The third-order valence-corrected chi connectivity index (χ3v) is 3.59. The van der Waals surface area contributed by atoms with Crippen molar-refractivity contribution in [2.24, 2.45) is 0 Å². The zero-order valence-electron chi connectivity index (χ0n) is 14.7. The lowest BCUT2D eigenvalue weighted by molar-refractivity contribution is -0.222. The van der Waals surface area contributed by atoms with E-state index >= 15 is 0 Å². The minimum absolute atomic E-state index is 0.213. The highest BCUT2D eigenvalue weighted by atomic mass is 16.7. The Bertz CT molecular complexity index is 863. The number of hydrogen-bond donors (Lipinski definition) is 1. The van der Waals surface area contributed by atoms with E-state index in [4.69, 9.17) is 14.2 Å². The summed E-state index contributed by atoms with van der Waals surface area (Å²) in [5, 5.41) is 2.92. The van der Waals surface area contributed by atoms with Gasteiger partial charge in [0.25, 0.3) is 5.79 Å². The summed E-state index contributed by atoms with van der Waals surface area (Å²) >= 11 is 0. The molecule has 0 bridgehead atoms. The van der Waals surface area contributed by atoms with Crippen LogP contribution in [0.5, 0.6) is 11.5 Å². The Hall–Kier alpha value is -3.28. The highest BCUT2D eigenvalue weighted by molar-refractivity contribution is 6.15. The van der Waals surface area contributed by atoms with Gasteiger partial charge in [-0.15, -0.1) is 0 Å². The van der Waals surface area contributed by atoms with E-state index in [9.17, 15) is 9.59 Å². The van der Waals surface area contributed by atoms with Gasteiger partial charge in [0.1, 0.15) is 5.75 Å². The predicted molar refractivity (Wildman–Crippen MR) is 95.7 cm³/mol. The SMILES string of the molecule is Cc1cccc(Oc2ccccc2NC=C2C(=O)OC(C)(C)OC2=O)c1. The fourth-order valence-electron chi connectivity index (χ4n) is 2.41. The van der Waals surface area contributed by atoms with Crippen LogP contribution < -0.4 is 10.1 Å². The van der Waals surface area contributed by atoms with E-state index < -0.39 is 17.7 Å². The summed E-state index contributed by atoms with van der Waals surface area (Å²) < 4.78 is 16.0. The van der Waals surface area contributed by atoms with Crippen molar-refractivity contribution in [3.05, 3.63) is 65.9 Å². The molecule has 2 aromatic rings. The molecule has 6 nitrogen and oxygen atoms in total. The lowest BCUT2D eigenvalue weighted by Gasteiger charge is -2.29. The van der Waals surface area contributed by atoms with Gasteiger partial charge in [-0.3, -0.25) is 0 Å². The molecule has 1 N–H and O–H groups in total. The molecule has 0 unspecified atom stereocenters. The van der Waals surface area contributed by atoms with Gasteiger partial charge in [0, 0.05) is 20.0 Å². The molecule has 1 heterocycles. The molecule has 0 radical (unpaired) electrons. The monoisotopic (exact) mass is 353 g/mol. The van der Waals surface area contributed by atoms with Crippen molar-refractivity contribution in [2.45, 2.75) is 26.6 Å². The van der Waals surface area contributed by atoms with Crippen LogP contribution in [0.4, 0.5) is 5.69 Å². The van der Waals surface area contributed by atoms with Crippen LogP contribution in [-0.2, 0) is 19.1 Å². The van der Waals surface area contributed by atoms with E-state index in [2.05, 4.69) is 5.32 Å². The minimum Gasteiger partial charge on any atom is -0.455 e. The van der Waals surface area contributed by atoms with Gasteiger partial charge in [0.15, 0.2) is 11.3 Å². The van der Waals surface area contributed by atoms with E-state index in [1.165, 1.54) is 20.0 Å². The number of esters is 2. The number of hydrogen-bond acceptors (Lipinski definition) is 6. The topological polar surface area (TPSA) is 73.9 Å². The summed E-state index contributed by atoms with van der Waals surface area (Å²) in [6, 6.07) is 14.8. The van der Waals surface area contributed by atoms with Crippen molar-refractivity contribution in [3.8, 4) is 11.5 Å². The Kier molecular flexibility index (Phi) is 4.67. The molecule has 0 atom stereocenters. The Balaban J connectivity index is 1.81. The fourth-order valence-corrected chi connectivity index (χ4v) is 2.41. The van der Waals surface area contributed by atoms with E-state index in [0.29, 0.717) is 17.2 Å². The molecule has 0 amide bonds. The number of rotatable bonds is 4. The van der Waals surface area contributed by atoms with Crippen LogP contribution in [0.25, 0.3) is 0 Å². The number of benzene rings is 2. The standard InChI is InChI=1S/C20H19NO5/c1-13-7-6-8-14(11-13)24-17-10-5-4-9-16(17)21-12-15-18(22)25-20(2,3)26-19(15)23/h4-12,21H,1-3H3. The summed E-state index contributed by atoms with van der Waals surface area (Å²) in [7, 11) is 0. The fraction of sp³-hybridized carbons (Fsp3) is 0.200. The molecular formula is C20H19NO5. The molecule has 1 saturated heterocycles. The van der Waals surface area contributed by atoms with Gasteiger partial charge in [-0.1, -0.05) is 24.3 Å². The van der Waals surface area contributed by atoms with Crippen LogP contribution in [-0.4, -0.2) is 17.7 Å². The van der Waals surface area contributed by atoms with Crippen molar-refractivity contribution in [1.29, 1.82) is 0 Å². The zero-order valence-corrected chi connectivity index (χ0v) is 14.7. The second-order valence-electron chi connectivity index (χ2n) is 6.30. The van der Waals surface area contributed by atoms with E-state index in [1.54, 1.807) is 12.1 Å². The Morgan fingerprint density at radius 1 is 1.00 bits per heavy atom. The van der Waals surface area contributed by atoms with Gasteiger partial charge in [0.2, 0.25) is 0 Å². The lowest BCUT2D eigenvalue weighted by Crippen LogP contribution is -2.42. The maximum Gasteiger partial charge on any atom is 0.350 e. The number of carbonyl (C=O) groups excluding carboxylic acids is 2. The number of cyclic esters (lactones) is 2. The molecule has 0 aromatic heterocycles. The van der Waals surface area contributed by atoms with Gasteiger partial charge in [-0.05, 0) is 36.8 Å². The molecule has 1 aliphatic rings. The van der Waals surface area contributed by atoms with Crippen LogP contribution in [0.3, 0.4) is 0 Å². The largest absolute Gasteiger partial charge is 0.455 e. The van der Waals surface area contributed by atoms with Crippen LogP contribution in [0.2, 0.25) is 0 Å². The van der Waals surface area contributed by atoms with Crippen LogP contribution in [0.1, 0.15) is 19.4 Å². The molecule has 6 heteroatoms. The molecule has 0 spiro atoms. The summed E-state index contributed by atoms with van der Waals surface area (Å²) in [6.45, 7) is 4.97. The first kappa shape index (κ1) is 17.5. The van der Waals surface area contributed by atoms with Crippen molar-refractivity contribution in [1.82, 2.24) is 0 Å². The van der Waals surface area contributed by atoms with E-state index in [1.807, 2.05) is 43.3 Å². The first-order chi connectivity index (χ1) is 12.3. The van der Waals surface area contributed by atoms with Crippen LogP contribution >= 0.6 is 0 Å². The molecule has 26 heavy (non-hydrogen) atoms. The van der Waals surface area contributed by atoms with Gasteiger partial charge in [-0.25, -0.2) is 9.59 Å². The summed E-state index contributed by atoms with van der Waals surface area (Å²) in [5.41, 5.74) is 1.45. The molecule has 1 fully saturated rings. The van der Waals surface area contributed by atoms with Crippen LogP contribution in [0.15, 0.2) is 60.3 Å². The van der Waals surface area contributed by atoms with Gasteiger partial charge < -0.3 is 19.5 Å². The first-order valence-corrected chi connectivity index (χ1v) is 8.11. The average molecular weight is 353 g/mol. The van der Waals surface area contributed by atoms with Crippen molar-refractivity contribution in [2.75, 3.05) is 5.32 Å². The van der Waals surface area contributed by atoms with Gasteiger partial charge >= 0.3 is 11.9 Å². The Morgan fingerprint density at radius 3 is 2.38 bits per heavy atom. The zero-order chi connectivity index (χ0) is 18.7. The second-order valence-corrected chi connectivity index (χ2v) is 6.30.